The highest BCUT2D eigenvalue weighted by atomic mass is 16.5. The Bertz CT molecular complexity index is 1080. The summed E-state index contributed by atoms with van der Waals surface area (Å²) in [5, 5.41) is 0.865. The van der Waals surface area contributed by atoms with Gasteiger partial charge in [-0.25, -0.2) is 9.78 Å². The molecule has 0 atom stereocenters. The van der Waals surface area contributed by atoms with E-state index in [1.165, 1.54) is 7.11 Å². The van der Waals surface area contributed by atoms with Crippen LogP contribution in [0.5, 0.6) is 0 Å². The van der Waals surface area contributed by atoms with Gasteiger partial charge in [0.15, 0.2) is 0 Å². The number of methoxy groups -OCH3 is 1. The van der Waals surface area contributed by atoms with Crippen molar-refractivity contribution >= 4 is 16.9 Å². The summed E-state index contributed by atoms with van der Waals surface area (Å²) in [6, 6.07) is 17.6. The van der Waals surface area contributed by atoms with Gasteiger partial charge >= 0.3 is 5.97 Å². The average molecular weight is 346 g/mol. The van der Waals surface area contributed by atoms with Crippen LogP contribution in [0.3, 0.4) is 0 Å². The third-order valence-corrected chi connectivity index (χ3v) is 4.43. The van der Waals surface area contributed by atoms with Crippen molar-refractivity contribution in [2.75, 3.05) is 7.11 Å². The Kier molecular flexibility index (Phi) is 4.05. The van der Waals surface area contributed by atoms with Gasteiger partial charge in [-0.05, 0) is 25.1 Å². The topological polar surface area (TPSA) is 57.3 Å². The van der Waals surface area contributed by atoms with E-state index in [-0.39, 0.29) is 5.97 Å². The molecular formula is C21H18N2O3. The van der Waals surface area contributed by atoms with Gasteiger partial charge in [-0.3, -0.25) is 0 Å². The van der Waals surface area contributed by atoms with Gasteiger partial charge in [-0.1, -0.05) is 36.4 Å². The summed E-state index contributed by atoms with van der Waals surface area (Å²) < 4.78 is 12.8. The maximum atomic E-state index is 12.1. The number of hydrogen-bond acceptors (Lipinski definition) is 4. The molecule has 5 nitrogen and oxygen atoms in total. The largest absolute Gasteiger partial charge is 0.465 e. The SMILES string of the molecule is COC(=O)c1cn(Cc2nc(-c3ccccc3)oc2C)c2ccccc12. The van der Waals surface area contributed by atoms with E-state index < -0.39 is 0 Å². The van der Waals surface area contributed by atoms with E-state index in [9.17, 15) is 4.79 Å². The summed E-state index contributed by atoms with van der Waals surface area (Å²) in [6.07, 6.45) is 1.81. The zero-order valence-corrected chi connectivity index (χ0v) is 14.6. The second kappa shape index (κ2) is 6.52. The number of hydrogen-bond donors (Lipinski definition) is 0. The number of esters is 1. The van der Waals surface area contributed by atoms with Crippen LogP contribution in [0.15, 0.2) is 65.2 Å². The standard InChI is InChI=1S/C21H18N2O3/c1-14-18(22-20(26-14)15-8-4-3-5-9-15)13-23-12-17(21(24)25-2)16-10-6-7-11-19(16)23/h3-12H,13H2,1-2H3. The first-order valence-corrected chi connectivity index (χ1v) is 8.35. The van der Waals surface area contributed by atoms with Crippen LogP contribution in [0.4, 0.5) is 0 Å². The molecule has 130 valence electrons. The van der Waals surface area contributed by atoms with E-state index in [0.29, 0.717) is 18.0 Å². The van der Waals surface area contributed by atoms with Crippen molar-refractivity contribution in [2.45, 2.75) is 13.5 Å². The minimum Gasteiger partial charge on any atom is -0.465 e. The molecule has 0 radical (unpaired) electrons. The van der Waals surface area contributed by atoms with Gasteiger partial charge in [-0.15, -0.1) is 0 Å². The third-order valence-electron chi connectivity index (χ3n) is 4.43. The van der Waals surface area contributed by atoms with E-state index in [2.05, 4.69) is 4.98 Å². The first kappa shape index (κ1) is 16.1. The summed E-state index contributed by atoms with van der Waals surface area (Å²) in [6.45, 7) is 2.42. The highest BCUT2D eigenvalue weighted by Crippen LogP contribution is 2.26. The van der Waals surface area contributed by atoms with Crippen molar-refractivity contribution < 1.29 is 13.9 Å². The fraction of sp³-hybridized carbons (Fsp3) is 0.143. The van der Waals surface area contributed by atoms with Gasteiger partial charge in [0.25, 0.3) is 0 Å². The second-order valence-electron chi connectivity index (χ2n) is 6.07. The molecule has 0 aliphatic heterocycles. The van der Waals surface area contributed by atoms with Crippen molar-refractivity contribution in [1.82, 2.24) is 9.55 Å². The molecule has 0 fully saturated rings. The van der Waals surface area contributed by atoms with Crippen LogP contribution < -0.4 is 0 Å². The lowest BCUT2D eigenvalue weighted by Crippen LogP contribution is -2.02. The molecule has 4 rings (SSSR count). The normalized spacial score (nSPS) is 11.0. The van der Waals surface area contributed by atoms with Crippen LogP contribution >= 0.6 is 0 Å². The number of ether oxygens (including phenoxy) is 1. The lowest BCUT2D eigenvalue weighted by atomic mass is 10.2. The number of carbonyl (C=O) groups is 1. The quantitative estimate of drug-likeness (QED) is 0.513. The fourth-order valence-corrected chi connectivity index (χ4v) is 3.09. The van der Waals surface area contributed by atoms with Gasteiger partial charge in [0.1, 0.15) is 11.5 Å². The molecule has 0 N–H and O–H groups in total. The summed E-state index contributed by atoms with van der Waals surface area (Å²) >= 11 is 0. The van der Waals surface area contributed by atoms with Crippen molar-refractivity contribution in [2.24, 2.45) is 0 Å². The Morgan fingerprint density at radius 2 is 1.85 bits per heavy atom. The van der Waals surface area contributed by atoms with E-state index in [0.717, 1.165) is 27.9 Å². The van der Waals surface area contributed by atoms with Crippen LogP contribution in [0, 0.1) is 6.92 Å². The predicted octanol–water partition coefficient (Wildman–Crippen LogP) is 4.44. The summed E-state index contributed by atoms with van der Waals surface area (Å²) in [5.74, 6) is 1.02. The van der Waals surface area contributed by atoms with Crippen LogP contribution in [0.2, 0.25) is 0 Å². The Morgan fingerprint density at radius 3 is 2.62 bits per heavy atom. The molecule has 2 aromatic heterocycles. The maximum absolute atomic E-state index is 12.1. The van der Waals surface area contributed by atoms with Gasteiger partial charge in [0, 0.05) is 22.7 Å². The lowest BCUT2D eigenvalue weighted by Gasteiger charge is -2.02. The molecule has 0 saturated carbocycles. The molecule has 0 aliphatic carbocycles. The monoisotopic (exact) mass is 346 g/mol. The molecule has 26 heavy (non-hydrogen) atoms. The van der Waals surface area contributed by atoms with E-state index in [4.69, 9.17) is 9.15 Å². The Hall–Kier alpha value is -3.34. The van der Waals surface area contributed by atoms with Crippen molar-refractivity contribution in [3.63, 3.8) is 0 Å². The predicted molar refractivity (Wildman–Crippen MR) is 99.1 cm³/mol. The minimum atomic E-state index is -0.346. The van der Waals surface area contributed by atoms with E-state index in [1.807, 2.05) is 72.3 Å². The molecule has 0 unspecified atom stereocenters. The Balaban J connectivity index is 1.74. The zero-order chi connectivity index (χ0) is 18.1. The highest BCUT2D eigenvalue weighted by molar-refractivity contribution is 6.04. The molecule has 0 spiro atoms. The number of fused-ring (bicyclic) bond motifs is 1. The van der Waals surface area contributed by atoms with Gasteiger partial charge in [0.05, 0.1) is 19.2 Å². The number of aryl methyl sites for hydroxylation is 1. The van der Waals surface area contributed by atoms with Gasteiger partial charge in [-0.2, -0.15) is 0 Å². The number of para-hydroxylation sites is 1. The summed E-state index contributed by atoms with van der Waals surface area (Å²) in [5.41, 5.74) is 3.28. The Morgan fingerprint density at radius 1 is 1.12 bits per heavy atom. The van der Waals surface area contributed by atoms with E-state index >= 15 is 0 Å². The number of aromatic nitrogens is 2. The first-order valence-electron chi connectivity index (χ1n) is 8.35. The lowest BCUT2D eigenvalue weighted by molar-refractivity contribution is 0.0602. The smallest absolute Gasteiger partial charge is 0.340 e. The average Bonchev–Trinajstić information content (AvgIpc) is 3.23. The number of carbonyl (C=O) groups excluding carboxylic acids is 1. The molecule has 0 saturated heterocycles. The van der Waals surface area contributed by atoms with Crippen LogP contribution in [-0.4, -0.2) is 22.6 Å². The Labute approximate surface area is 150 Å². The molecule has 0 aliphatic rings. The second-order valence-corrected chi connectivity index (χ2v) is 6.07. The van der Waals surface area contributed by atoms with Gasteiger partial charge in [0.2, 0.25) is 5.89 Å². The molecule has 0 bridgehead atoms. The number of nitrogens with zero attached hydrogens (tertiary/aromatic N) is 2. The molecule has 5 heteroatoms. The number of rotatable bonds is 4. The number of oxazole rings is 1. The minimum absolute atomic E-state index is 0.346. The molecule has 4 aromatic rings. The molecule has 2 heterocycles. The van der Waals surface area contributed by atoms with Crippen molar-refractivity contribution in [3.05, 3.63) is 77.8 Å². The summed E-state index contributed by atoms with van der Waals surface area (Å²) in [4.78, 5) is 16.7. The highest BCUT2D eigenvalue weighted by Gasteiger charge is 2.17. The van der Waals surface area contributed by atoms with Crippen LogP contribution in [0.25, 0.3) is 22.4 Å². The third kappa shape index (κ3) is 2.77. The van der Waals surface area contributed by atoms with Gasteiger partial charge < -0.3 is 13.7 Å². The van der Waals surface area contributed by atoms with Crippen molar-refractivity contribution in [3.8, 4) is 11.5 Å². The maximum Gasteiger partial charge on any atom is 0.340 e. The van der Waals surface area contributed by atoms with E-state index in [1.54, 1.807) is 0 Å². The fourth-order valence-electron chi connectivity index (χ4n) is 3.09. The molecule has 0 amide bonds. The summed E-state index contributed by atoms with van der Waals surface area (Å²) in [7, 11) is 1.39. The first-order chi connectivity index (χ1) is 12.7. The molecular weight excluding hydrogens is 328 g/mol. The van der Waals surface area contributed by atoms with Crippen LogP contribution in [-0.2, 0) is 11.3 Å². The van der Waals surface area contributed by atoms with Crippen LogP contribution in [0.1, 0.15) is 21.8 Å². The number of benzene rings is 2. The zero-order valence-electron chi connectivity index (χ0n) is 14.6. The van der Waals surface area contributed by atoms with Crippen molar-refractivity contribution in [1.29, 1.82) is 0 Å². The molecule has 2 aromatic carbocycles.